The van der Waals surface area contributed by atoms with E-state index in [9.17, 15) is 9.59 Å². The Hall–Kier alpha value is -2.37. The summed E-state index contributed by atoms with van der Waals surface area (Å²) in [6, 6.07) is 13.5. The van der Waals surface area contributed by atoms with E-state index in [0.717, 1.165) is 23.1 Å². The first-order valence-electron chi connectivity index (χ1n) is 12.9. The largest absolute Gasteiger partial charge is 0.369 e. The predicted molar refractivity (Wildman–Crippen MR) is 146 cm³/mol. The number of guanidine groups is 1. The maximum atomic E-state index is 13.2. The molecular formula is C29H35Cl2N3O2. The minimum absolute atomic E-state index is 0.00206. The molecule has 0 saturated heterocycles. The van der Waals surface area contributed by atoms with Gasteiger partial charge in [0.1, 0.15) is 11.3 Å². The lowest BCUT2D eigenvalue weighted by Crippen LogP contribution is -2.43. The number of carbonyl (C=O) groups is 2. The second kappa shape index (κ2) is 11.8. The highest BCUT2D eigenvalue weighted by Gasteiger charge is 2.45. The Kier molecular flexibility index (Phi) is 8.74. The van der Waals surface area contributed by atoms with Crippen LogP contribution in [0.15, 0.2) is 47.5 Å². The first kappa shape index (κ1) is 26.7. The third-order valence-corrected chi connectivity index (χ3v) is 8.23. The number of rotatable bonds is 10. The van der Waals surface area contributed by atoms with Gasteiger partial charge in [-0.2, -0.15) is 0 Å². The zero-order valence-electron chi connectivity index (χ0n) is 20.9. The van der Waals surface area contributed by atoms with Crippen LogP contribution in [0.1, 0.15) is 75.0 Å². The van der Waals surface area contributed by atoms with Crippen LogP contribution in [-0.4, -0.2) is 28.1 Å². The summed E-state index contributed by atoms with van der Waals surface area (Å²) in [4.78, 5) is 31.8. The smallest absolute Gasteiger partial charge is 0.257 e. The molecular weight excluding hydrogens is 493 g/mol. The fourth-order valence-corrected chi connectivity index (χ4v) is 5.70. The van der Waals surface area contributed by atoms with E-state index in [0.29, 0.717) is 54.2 Å². The van der Waals surface area contributed by atoms with Crippen LogP contribution in [-0.2, 0) is 29.0 Å². The molecule has 1 atom stereocenters. The van der Waals surface area contributed by atoms with Gasteiger partial charge < -0.3 is 5.73 Å². The summed E-state index contributed by atoms with van der Waals surface area (Å²) in [5, 5.41) is 1.03. The van der Waals surface area contributed by atoms with Crippen molar-refractivity contribution in [1.29, 1.82) is 0 Å². The van der Waals surface area contributed by atoms with Crippen molar-refractivity contribution in [2.45, 2.75) is 83.2 Å². The van der Waals surface area contributed by atoms with Gasteiger partial charge in [-0.25, -0.2) is 4.99 Å². The summed E-state index contributed by atoms with van der Waals surface area (Å²) in [7, 11) is 0. The lowest BCUT2D eigenvalue weighted by atomic mass is 9.80. The number of carbonyl (C=O) groups excluding carboxylic acids is 2. The molecule has 1 unspecified atom stereocenters. The molecule has 1 aliphatic heterocycles. The summed E-state index contributed by atoms with van der Waals surface area (Å²) in [5.74, 6) is 1.08. The quantitative estimate of drug-likeness (QED) is 0.382. The Balaban J connectivity index is 1.25. The molecule has 1 aliphatic carbocycles. The van der Waals surface area contributed by atoms with Gasteiger partial charge in [0.15, 0.2) is 5.96 Å². The molecule has 2 aromatic carbocycles. The number of aliphatic imine (C=N–C) groups is 1. The van der Waals surface area contributed by atoms with E-state index in [2.05, 4.69) is 4.99 Å². The van der Waals surface area contributed by atoms with Gasteiger partial charge in [0.05, 0.1) is 16.6 Å². The van der Waals surface area contributed by atoms with E-state index in [4.69, 9.17) is 28.9 Å². The first-order valence-corrected chi connectivity index (χ1v) is 13.7. The molecule has 0 aromatic heterocycles. The Morgan fingerprint density at radius 2 is 1.58 bits per heavy atom. The normalized spacial score (nSPS) is 20.6. The van der Waals surface area contributed by atoms with Gasteiger partial charge in [-0.1, -0.05) is 85.6 Å². The molecule has 7 heteroatoms. The summed E-state index contributed by atoms with van der Waals surface area (Å²) in [5.41, 5.74) is 8.56. The van der Waals surface area contributed by atoms with E-state index in [1.54, 1.807) is 11.0 Å². The highest BCUT2D eigenvalue weighted by Crippen LogP contribution is 2.36. The van der Waals surface area contributed by atoms with Crippen LogP contribution >= 0.6 is 23.2 Å². The number of hydrogen-bond acceptors (Lipinski definition) is 4. The molecule has 5 nitrogen and oxygen atoms in total. The number of amides is 1. The minimum Gasteiger partial charge on any atom is -0.369 e. The van der Waals surface area contributed by atoms with Crippen molar-refractivity contribution in [3.8, 4) is 0 Å². The van der Waals surface area contributed by atoms with Crippen molar-refractivity contribution >= 4 is 40.9 Å². The van der Waals surface area contributed by atoms with E-state index >= 15 is 0 Å². The zero-order chi connectivity index (χ0) is 25.7. The minimum atomic E-state index is -0.746. The van der Waals surface area contributed by atoms with E-state index in [-0.39, 0.29) is 11.7 Å². The van der Waals surface area contributed by atoms with E-state index < -0.39 is 5.54 Å². The number of ketones is 1. The van der Waals surface area contributed by atoms with Gasteiger partial charge in [0.2, 0.25) is 0 Å². The van der Waals surface area contributed by atoms with E-state index in [1.165, 1.54) is 32.1 Å². The van der Waals surface area contributed by atoms with E-state index in [1.807, 2.05) is 43.3 Å². The number of Topliss-reactive ketones (excluding diaryl/α,β-unsaturated/α-hetero) is 1. The molecule has 0 radical (unpaired) electrons. The Morgan fingerprint density at radius 1 is 0.972 bits per heavy atom. The molecule has 2 aliphatic rings. The maximum Gasteiger partial charge on any atom is 0.257 e. The van der Waals surface area contributed by atoms with Crippen LogP contribution in [0.3, 0.4) is 0 Å². The zero-order valence-corrected chi connectivity index (χ0v) is 22.5. The molecule has 0 spiro atoms. The van der Waals surface area contributed by atoms with Crippen molar-refractivity contribution in [3.05, 3.63) is 69.2 Å². The number of halogens is 2. The van der Waals surface area contributed by atoms with Crippen LogP contribution in [0.2, 0.25) is 10.0 Å². The Bertz CT molecular complexity index is 1130. The predicted octanol–water partition coefficient (Wildman–Crippen LogP) is 6.51. The van der Waals surface area contributed by atoms with Crippen molar-refractivity contribution < 1.29 is 9.59 Å². The highest BCUT2D eigenvalue weighted by molar-refractivity contribution is 6.42. The van der Waals surface area contributed by atoms with Crippen molar-refractivity contribution in [2.75, 3.05) is 0 Å². The number of aryl methyl sites for hydroxylation is 2. The number of nitrogens with zero attached hydrogens (tertiary/aromatic N) is 2. The van der Waals surface area contributed by atoms with Crippen LogP contribution in [0.4, 0.5) is 0 Å². The SMILES string of the molecule is CC1(CC2CCCCC2)N=C(N)N(Cc2ccc(CCC(=O)CCc3ccc(Cl)c(Cl)c3)cc2)C1=O. The lowest BCUT2D eigenvalue weighted by Gasteiger charge is -2.29. The molecule has 1 heterocycles. The molecule has 4 rings (SSSR count). The lowest BCUT2D eigenvalue weighted by molar-refractivity contribution is -0.131. The molecule has 0 bridgehead atoms. The van der Waals surface area contributed by atoms with Crippen LogP contribution in [0, 0.1) is 5.92 Å². The second-order valence-corrected chi connectivity index (χ2v) is 11.3. The summed E-state index contributed by atoms with van der Waals surface area (Å²) < 4.78 is 0. The maximum absolute atomic E-state index is 13.2. The third-order valence-electron chi connectivity index (χ3n) is 7.49. The topological polar surface area (TPSA) is 75.8 Å². The number of benzene rings is 2. The Labute approximate surface area is 224 Å². The van der Waals surface area contributed by atoms with Gasteiger partial charge in [-0.3, -0.25) is 14.5 Å². The Morgan fingerprint density at radius 3 is 2.25 bits per heavy atom. The molecule has 2 aromatic rings. The van der Waals surface area contributed by atoms with Crippen LogP contribution in [0.25, 0.3) is 0 Å². The monoisotopic (exact) mass is 527 g/mol. The van der Waals surface area contributed by atoms with Gasteiger partial charge in [0, 0.05) is 12.8 Å². The van der Waals surface area contributed by atoms with Crippen molar-refractivity contribution in [2.24, 2.45) is 16.6 Å². The highest BCUT2D eigenvalue weighted by atomic mass is 35.5. The fraction of sp³-hybridized carbons (Fsp3) is 0.483. The van der Waals surface area contributed by atoms with Crippen molar-refractivity contribution in [3.63, 3.8) is 0 Å². The molecule has 1 saturated carbocycles. The summed E-state index contributed by atoms with van der Waals surface area (Å²) >= 11 is 12.0. The first-order chi connectivity index (χ1) is 17.2. The van der Waals surface area contributed by atoms with Gasteiger partial charge in [0.25, 0.3) is 5.91 Å². The third kappa shape index (κ3) is 6.68. The van der Waals surface area contributed by atoms with Gasteiger partial charge in [-0.05, 0) is 60.9 Å². The molecule has 1 fully saturated rings. The fourth-order valence-electron chi connectivity index (χ4n) is 5.38. The van der Waals surface area contributed by atoms with Gasteiger partial charge >= 0.3 is 0 Å². The van der Waals surface area contributed by atoms with Crippen LogP contribution < -0.4 is 5.73 Å². The number of nitrogens with two attached hydrogens (primary N) is 1. The molecule has 1 amide bonds. The average molecular weight is 529 g/mol. The van der Waals surface area contributed by atoms with Gasteiger partial charge in [-0.15, -0.1) is 0 Å². The van der Waals surface area contributed by atoms with Crippen LogP contribution in [0.5, 0.6) is 0 Å². The average Bonchev–Trinajstić information content (AvgIpc) is 3.07. The molecule has 2 N–H and O–H groups in total. The molecule has 36 heavy (non-hydrogen) atoms. The summed E-state index contributed by atoms with van der Waals surface area (Å²) in [6.45, 7) is 2.34. The van der Waals surface area contributed by atoms with Crippen molar-refractivity contribution in [1.82, 2.24) is 4.90 Å². The standard InChI is InChI=1S/C29H35Cl2N3O2/c1-29(18-22-5-3-2-4-6-22)27(36)34(28(32)33-29)19-23-9-7-20(8-10-23)11-14-24(35)15-12-21-13-16-25(30)26(31)17-21/h7-10,13,16-17,22H,2-6,11-12,14-15,18-19H2,1H3,(H2,32,33). The summed E-state index contributed by atoms with van der Waals surface area (Å²) in [6.07, 6.45) is 9.22. The number of hydrogen-bond donors (Lipinski definition) is 1. The second-order valence-electron chi connectivity index (χ2n) is 10.4. The molecule has 192 valence electrons.